The van der Waals surface area contributed by atoms with Crippen molar-refractivity contribution < 1.29 is 19.1 Å². The number of hydrogen-bond acceptors (Lipinski definition) is 4. The highest BCUT2D eigenvalue weighted by Crippen LogP contribution is 2.22. The lowest BCUT2D eigenvalue weighted by Gasteiger charge is -2.23. The lowest BCUT2D eigenvalue weighted by Crippen LogP contribution is -2.47. The Hall–Kier alpha value is -2.37. The molecule has 0 heterocycles. The smallest absolute Gasteiger partial charge is 0.329 e. The lowest BCUT2D eigenvalue weighted by atomic mass is 9.86. The van der Waals surface area contributed by atoms with Crippen molar-refractivity contribution in [3.63, 3.8) is 0 Å². The van der Waals surface area contributed by atoms with E-state index in [1.165, 1.54) is 6.92 Å². The van der Waals surface area contributed by atoms with E-state index in [0.29, 0.717) is 5.56 Å². The maximum absolute atomic E-state index is 12.4. The van der Waals surface area contributed by atoms with Crippen molar-refractivity contribution >= 4 is 17.8 Å². The normalized spacial score (nSPS) is 13.9. The van der Waals surface area contributed by atoms with E-state index in [0.717, 1.165) is 5.56 Å². The quantitative estimate of drug-likeness (QED) is 0.770. The molecule has 3 N–H and O–H groups in total. The number of primary amides is 1. The molecule has 1 rings (SSSR count). The van der Waals surface area contributed by atoms with Crippen molar-refractivity contribution in [1.29, 1.82) is 0 Å². The van der Waals surface area contributed by atoms with Crippen LogP contribution >= 0.6 is 0 Å². The van der Waals surface area contributed by atoms with Crippen LogP contribution in [0.2, 0.25) is 0 Å². The zero-order valence-electron chi connectivity index (χ0n) is 15.8. The van der Waals surface area contributed by atoms with Crippen molar-refractivity contribution in [2.24, 2.45) is 11.7 Å². The molecule has 0 saturated carbocycles. The van der Waals surface area contributed by atoms with Gasteiger partial charge < -0.3 is 15.8 Å². The molecule has 2 amide bonds. The molecule has 0 fully saturated rings. The van der Waals surface area contributed by atoms with Gasteiger partial charge in [0.1, 0.15) is 6.04 Å². The molecule has 0 spiro atoms. The summed E-state index contributed by atoms with van der Waals surface area (Å²) in [5, 5.41) is 2.67. The number of hydrogen-bond donors (Lipinski definition) is 2. The highest BCUT2D eigenvalue weighted by molar-refractivity contribution is 5.97. The van der Waals surface area contributed by atoms with E-state index in [2.05, 4.69) is 26.1 Å². The van der Waals surface area contributed by atoms with Crippen LogP contribution in [0.3, 0.4) is 0 Å². The van der Waals surface area contributed by atoms with Crippen LogP contribution in [0, 0.1) is 5.92 Å². The van der Waals surface area contributed by atoms with Gasteiger partial charge >= 0.3 is 5.97 Å². The molecule has 6 heteroatoms. The first-order valence-electron chi connectivity index (χ1n) is 8.34. The van der Waals surface area contributed by atoms with Crippen LogP contribution in [0.1, 0.15) is 57.5 Å². The summed E-state index contributed by atoms with van der Waals surface area (Å²) < 4.78 is 5.01. The number of esters is 1. The predicted molar refractivity (Wildman–Crippen MR) is 96.0 cm³/mol. The van der Waals surface area contributed by atoms with Gasteiger partial charge in [-0.05, 0) is 36.0 Å². The number of nitrogens with one attached hydrogen (secondary N) is 1. The Bertz CT molecular complexity index is 630. The summed E-state index contributed by atoms with van der Waals surface area (Å²) in [5.74, 6) is -1.99. The number of carbonyl (C=O) groups excluding carboxylic acids is 3. The number of ether oxygens (including phenoxy) is 1. The molecule has 1 aromatic rings. The minimum atomic E-state index is -1.04. The summed E-state index contributed by atoms with van der Waals surface area (Å²) in [6.07, 6.45) is -1.04. The molecule has 0 aromatic heterocycles. The molecule has 0 aliphatic heterocycles. The Morgan fingerprint density at radius 2 is 1.56 bits per heavy atom. The molecule has 25 heavy (non-hydrogen) atoms. The van der Waals surface area contributed by atoms with Gasteiger partial charge in [0.2, 0.25) is 0 Å². The third kappa shape index (κ3) is 5.89. The van der Waals surface area contributed by atoms with Crippen LogP contribution in [-0.4, -0.2) is 29.9 Å². The molecule has 2 atom stereocenters. The summed E-state index contributed by atoms with van der Waals surface area (Å²) in [6, 6.07) is 6.38. The summed E-state index contributed by atoms with van der Waals surface area (Å²) in [5.41, 5.74) is 6.65. The first kappa shape index (κ1) is 20.7. The van der Waals surface area contributed by atoms with E-state index < -0.39 is 24.0 Å². The monoisotopic (exact) mass is 348 g/mol. The average Bonchev–Trinajstić information content (AvgIpc) is 2.50. The van der Waals surface area contributed by atoms with E-state index in [1.807, 2.05) is 12.1 Å². The second kappa shape index (κ2) is 8.14. The maximum Gasteiger partial charge on any atom is 0.329 e. The summed E-state index contributed by atoms with van der Waals surface area (Å²) >= 11 is 0. The van der Waals surface area contributed by atoms with Crippen LogP contribution in [-0.2, 0) is 19.7 Å². The zero-order valence-corrected chi connectivity index (χ0v) is 15.8. The number of carbonyl (C=O) groups is 3. The van der Waals surface area contributed by atoms with Crippen molar-refractivity contribution in [3.05, 3.63) is 35.4 Å². The Morgan fingerprint density at radius 3 is 1.96 bits per heavy atom. The van der Waals surface area contributed by atoms with E-state index in [1.54, 1.807) is 26.0 Å². The van der Waals surface area contributed by atoms with Crippen molar-refractivity contribution in [1.82, 2.24) is 5.32 Å². The third-order valence-electron chi connectivity index (χ3n) is 3.91. The van der Waals surface area contributed by atoms with Crippen LogP contribution < -0.4 is 11.1 Å². The van der Waals surface area contributed by atoms with E-state index in [-0.39, 0.29) is 17.2 Å². The van der Waals surface area contributed by atoms with Gasteiger partial charge in [-0.2, -0.15) is 0 Å². The van der Waals surface area contributed by atoms with Crippen molar-refractivity contribution in [3.8, 4) is 0 Å². The van der Waals surface area contributed by atoms with Gasteiger partial charge in [-0.15, -0.1) is 0 Å². The highest BCUT2D eigenvalue weighted by Gasteiger charge is 2.28. The van der Waals surface area contributed by atoms with E-state index in [9.17, 15) is 14.4 Å². The van der Waals surface area contributed by atoms with Gasteiger partial charge in [0.05, 0.1) is 0 Å². The van der Waals surface area contributed by atoms with Crippen LogP contribution in [0.15, 0.2) is 24.3 Å². The molecular weight excluding hydrogens is 320 g/mol. The minimum Gasteiger partial charge on any atom is -0.451 e. The molecule has 1 aromatic carbocycles. The molecule has 0 aliphatic rings. The van der Waals surface area contributed by atoms with Crippen LogP contribution in [0.5, 0.6) is 0 Å². The van der Waals surface area contributed by atoms with Crippen molar-refractivity contribution in [2.75, 3.05) is 0 Å². The largest absolute Gasteiger partial charge is 0.451 e. The predicted octanol–water partition coefficient (Wildman–Crippen LogP) is 2.16. The molecule has 0 bridgehead atoms. The Labute approximate surface area is 149 Å². The topological polar surface area (TPSA) is 98.5 Å². The zero-order chi connectivity index (χ0) is 19.4. The van der Waals surface area contributed by atoms with Gasteiger partial charge in [0, 0.05) is 5.56 Å². The maximum atomic E-state index is 12.4. The first-order valence-corrected chi connectivity index (χ1v) is 8.34. The van der Waals surface area contributed by atoms with Gasteiger partial charge in [-0.1, -0.05) is 46.8 Å². The van der Waals surface area contributed by atoms with Gasteiger partial charge in [-0.3, -0.25) is 9.59 Å². The van der Waals surface area contributed by atoms with Crippen LogP contribution in [0.25, 0.3) is 0 Å². The fourth-order valence-electron chi connectivity index (χ4n) is 2.15. The molecule has 0 unspecified atom stereocenters. The molecule has 6 nitrogen and oxygen atoms in total. The van der Waals surface area contributed by atoms with Gasteiger partial charge in [-0.25, -0.2) is 4.79 Å². The summed E-state index contributed by atoms with van der Waals surface area (Å²) in [4.78, 5) is 35.7. The van der Waals surface area contributed by atoms with E-state index >= 15 is 0 Å². The highest BCUT2D eigenvalue weighted by atomic mass is 16.5. The molecule has 138 valence electrons. The Morgan fingerprint density at radius 1 is 1.04 bits per heavy atom. The molecule has 0 saturated heterocycles. The average molecular weight is 348 g/mol. The number of benzene rings is 1. The van der Waals surface area contributed by atoms with Gasteiger partial charge in [0.15, 0.2) is 6.10 Å². The Kier molecular flexibility index (Phi) is 6.73. The second-order valence-corrected chi connectivity index (χ2v) is 7.50. The minimum absolute atomic E-state index is 0.00974. The fraction of sp³-hybridized carbons (Fsp3) is 0.526. The molecular formula is C19H28N2O4. The first-order chi connectivity index (χ1) is 11.4. The molecule has 0 radical (unpaired) electrons. The second-order valence-electron chi connectivity index (χ2n) is 7.50. The van der Waals surface area contributed by atoms with Gasteiger partial charge in [0.25, 0.3) is 11.8 Å². The van der Waals surface area contributed by atoms with Crippen molar-refractivity contribution in [2.45, 2.75) is 59.1 Å². The van der Waals surface area contributed by atoms with Crippen LogP contribution in [0.4, 0.5) is 0 Å². The summed E-state index contributed by atoms with van der Waals surface area (Å²) in [6.45, 7) is 11.2. The Balaban J connectivity index is 2.86. The number of rotatable bonds is 6. The standard InChI is InChI=1S/C19H28N2O4/c1-11(2)15(18(24)25-12(3)16(20)22)21-17(23)13-7-9-14(10-8-13)19(4,5)6/h7-12,15H,1-6H3,(H2,20,22)(H,21,23)/t12-,15+/m1/s1. The van der Waals surface area contributed by atoms with E-state index in [4.69, 9.17) is 10.5 Å². The third-order valence-corrected chi connectivity index (χ3v) is 3.91. The number of nitrogens with two attached hydrogens (primary N) is 1. The summed E-state index contributed by atoms with van der Waals surface area (Å²) in [7, 11) is 0. The fourth-order valence-corrected chi connectivity index (χ4v) is 2.15. The lowest BCUT2D eigenvalue weighted by molar-refractivity contribution is -0.156. The number of amides is 2. The molecule has 0 aliphatic carbocycles. The SMILES string of the molecule is CC(C)[C@H](NC(=O)c1ccc(C(C)(C)C)cc1)C(=O)O[C@H](C)C(N)=O.